The Morgan fingerprint density at radius 3 is 2.30 bits per heavy atom. The Labute approximate surface area is 160 Å². The lowest BCUT2D eigenvalue weighted by Crippen LogP contribution is -2.45. The van der Waals surface area contributed by atoms with E-state index in [-0.39, 0.29) is 22.0 Å². The van der Waals surface area contributed by atoms with Crippen LogP contribution in [0.2, 0.25) is 0 Å². The smallest absolute Gasteiger partial charge is 0.351 e. The Morgan fingerprint density at radius 2 is 1.70 bits per heavy atom. The third-order valence-corrected chi connectivity index (χ3v) is 4.59. The number of rotatable bonds is 3. The van der Waals surface area contributed by atoms with Crippen molar-refractivity contribution in [3.8, 4) is 0 Å². The second-order valence-corrected chi connectivity index (χ2v) is 6.74. The zero-order valence-corrected chi connectivity index (χ0v) is 15.5. The Bertz CT molecular complexity index is 933. The number of benzene rings is 2. The van der Waals surface area contributed by atoms with E-state index in [2.05, 4.69) is 10.6 Å². The van der Waals surface area contributed by atoms with Crippen LogP contribution >= 0.6 is 12.2 Å². The van der Waals surface area contributed by atoms with Gasteiger partial charge in [-0.05, 0) is 43.3 Å². The summed E-state index contributed by atoms with van der Waals surface area (Å²) in [7, 11) is 0. The van der Waals surface area contributed by atoms with Crippen molar-refractivity contribution >= 4 is 28.8 Å². The molecular formula is C20H17F3N2OS. The topological polar surface area (TPSA) is 41.1 Å². The molecule has 3 rings (SSSR count). The van der Waals surface area contributed by atoms with E-state index in [1.807, 2.05) is 19.1 Å². The monoisotopic (exact) mass is 390 g/mol. The number of ketones is 1. The number of hydrogen-bond acceptors (Lipinski definition) is 2. The maximum absolute atomic E-state index is 13.5. The zero-order chi connectivity index (χ0) is 19.8. The largest absolute Gasteiger partial charge is 0.416 e. The minimum absolute atomic E-state index is 0.0383. The molecule has 1 atom stereocenters. The summed E-state index contributed by atoms with van der Waals surface area (Å²) in [6.45, 7) is 3.26. The van der Waals surface area contributed by atoms with Crippen LogP contribution in [0.5, 0.6) is 0 Å². The highest BCUT2D eigenvalue weighted by Gasteiger charge is 2.38. The van der Waals surface area contributed by atoms with Gasteiger partial charge in [-0.2, -0.15) is 13.2 Å². The molecule has 2 aromatic rings. The van der Waals surface area contributed by atoms with Gasteiger partial charge < -0.3 is 10.6 Å². The molecule has 0 saturated carbocycles. The standard InChI is InChI=1S/C20H17F3N2OS/c1-11-7-9-13(10-8-11)17-16(12(2)26)18(25-19(27)24-17)14-5-3-4-6-15(14)20(21,22)23/h3-10,18H,1-2H3,(H2,24,25,27)/t18-/m0/s1. The Morgan fingerprint density at radius 1 is 1.07 bits per heavy atom. The van der Waals surface area contributed by atoms with Gasteiger partial charge in [0.25, 0.3) is 0 Å². The van der Waals surface area contributed by atoms with Crippen LogP contribution in [-0.2, 0) is 11.0 Å². The molecule has 140 valence electrons. The van der Waals surface area contributed by atoms with Gasteiger partial charge in [0, 0.05) is 5.57 Å². The first kappa shape index (κ1) is 19.1. The van der Waals surface area contributed by atoms with Gasteiger partial charge in [-0.1, -0.05) is 48.0 Å². The molecule has 0 spiro atoms. The summed E-state index contributed by atoms with van der Waals surface area (Å²) < 4.78 is 40.5. The van der Waals surface area contributed by atoms with Crippen LogP contribution in [0.3, 0.4) is 0 Å². The second kappa shape index (κ2) is 7.15. The van der Waals surface area contributed by atoms with Gasteiger partial charge in [-0.3, -0.25) is 4.79 Å². The summed E-state index contributed by atoms with van der Waals surface area (Å²) in [6, 6.07) is 11.6. The fraction of sp³-hybridized carbons (Fsp3) is 0.200. The summed E-state index contributed by atoms with van der Waals surface area (Å²) in [4.78, 5) is 12.4. The molecule has 1 aliphatic rings. The number of nitrogens with one attached hydrogen (secondary N) is 2. The molecule has 0 aromatic heterocycles. The van der Waals surface area contributed by atoms with Gasteiger partial charge in [-0.25, -0.2) is 0 Å². The van der Waals surface area contributed by atoms with Gasteiger partial charge in [0.2, 0.25) is 0 Å². The molecule has 2 aromatic carbocycles. The van der Waals surface area contributed by atoms with Crippen molar-refractivity contribution in [2.75, 3.05) is 0 Å². The molecule has 0 saturated heterocycles. The minimum Gasteiger partial charge on any atom is -0.351 e. The molecular weight excluding hydrogens is 373 g/mol. The summed E-state index contributed by atoms with van der Waals surface area (Å²) in [6.07, 6.45) is -4.54. The average molecular weight is 390 g/mol. The van der Waals surface area contributed by atoms with Gasteiger partial charge in [0.1, 0.15) is 0 Å². The van der Waals surface area contributed by atoms with Crippen molar-refractivity contribution in [2.24, 2.45) is 0 Å². The lowest BCUT2D eigenvalue weighted by Gasteiger charge is -2.32. The Hall–Kier alpha value is -2.67. The molecule has 0 unspecified atom stereocenters. The maximum atomic E-state index is 13.5. The van der Waals surface area contributed by atoms with E-state index in [0.717, 1.165) is 11.6 Å². The number of carbonyl (C=O) groups excluding carboxylic acids is 1. The van der Waals surface area contributed by atoms with Gasteiger partial charge in [0.05, 0.1) is 17.3 Å². The molecule has 27 heavy (non-hydrogen) atoms. The van der Waals surface area contributed by atoms with Gasteiger partial charge in [-0.15, -0.1) is 0 Å². The summed E-state index contributed by atoms with van der Waals surface area (Å²) in [5.41, 5.74) is 1.51. The zero-order valence-electron chi connectivity index (χ0n) is 14.6. The van der Waals surface area contributed by atoms with Crippen molar-refractivity contribution < 1.29 is 18.0 Å². The van der Waals surface area contributed by atoms with E-state index < -0.39 is 17.8 Å². The van der Waals surface area contributed by atoms with Crippen molar-refractivity contribution in [3.63, 3.8) is 0 Å². The van der Waals surface area contributed by atoms with E-state index in [1.54, 1.807) is 12.1 Å². The Kier molecular flexibility index (Phi) is 5.06. The molecule has 0 bridgehead atoms. The van der Waals surface area contributed by atoms with E-state index >= 15 is 0 Å². The number of carbonyl (C=O) groups is 1. The van der Waals surface area contributed by atoms with Gasteiger partial charge >= 0.3 is 6.18 Å². The average Bonchev–Trinajstić information content (AvgIpc) is 2.60. The summed E-state index contributed by atoms with van der Waals surface area (Å²) in [5, 5.41) is 5.93. The maximum Gasteiger partial charge on any atom is 0.416 e. The number of halogens is 3. The first-order chi connectivity index (χ1) is 12.7. The number of hydrogen-bond donors (Lipinski definition) is 2. The lowest BCUT2D eigenvalue weighted by molar-refractivity contribution is -0.138. The highest BCUT2D eigenvalue weighted by atomic mass is 32.1. The number of aryl methyl sites for hydroxylation is 1. The Balaban J connectivity index is 2.24. The fourth-order valence-electron chi connectivity index (χ4n) is 3.13. The normalized spacial score (nSPS) is 17.4. The van der Waals surface area contributed by atoms with Crippen LogP contribution in [0, 0.1) is 6.92 Å². The molecule has 0 amide bonds. The second-order valence-electron chi connectivity index (χ2n) is 6.33. The van der Waals surface area contributed by atoms with Crippen molar-refractivity contribution in [2.45, 2.75) is 26.1 Å². The van der Waals surface area contributed by atoms with Crippen LogP contribution in [0.15, 0.2) is 54.1 Å². The summed E-state index contributed by atoms with van der Waals surface area (Å²) >= 11 is 5.21. The number of Topliss-reactive ketones (excluding diaryl/α,β-unsaturated/α-hetero) is 1. The van der Waals surface area contributed by atoms with Crippen molar-refractivity contribution in [3.05, 3.63) is 76.4 Å². The van der Waals surface area contributed by atoms with E-state index in [4.69, 9.17) is 12.2 Å². The highest BCUT2D eigenvalue weighted by Crippen LogP contribution is 2.39. The molecule has 1 aliphatic heterocycles. The van der Waals surface area contributed by atoms with E-state index in [0.29, 0.717) is 11.3 Å². The molecule has 3 nitrogen and oxygen atoms in total. The van der Waals surface area contributed by atoms with Crippen LogP contribution in [0.25, 0.3) is 5.70 Å². The van der Waals surface area contributed by atoms with Crippen molar-refractivity contribution in [1.82, 2.24) is 10.6 Å². The first-order valence-corrected chi connectivity index (χ1v) is 8.65. The van der Waals surface area contributed by atoms with Gasteiger partial charge in [0.15, 0.2) is 10.9 Å². The highest BCUT2D eigenvalue weighted by molar-refractivity contribution is 7.80. The van der Waals surface area contributed by atoms with Crippen LogP contribution in [-0.4, -0.2) is 10.9 Å². The molecule has 7 heteroatoms. The first-order valence-electron chi connectivity index (χ1n) is 8.24. The molecule has 0 radical (unpaired) electrons. The van der Waals surface area contributed by atoms with E-state index in [1.165, 1.54) is 25.1 Å². The van der Waals surface area contributed by atoms with E-state index in [9.17, 15) is 18.0 Å². The van der Waals surface area contributed by atoms with Crippen molar-refractivity contribution in [1.29, 1.82) is 0 Å². The third kappa shape index (κ3) is 3.88. The lowest BCUT2D eigenvalue weighted by atomic mass is 9.88. The quantitative estimate of drug-likeness (QED) is 0.756. The molecule has 0 aliphatic carbocycles. The van der Waals surface area contributed by atoms with Crippen LogP contribution < -0.4 is 10.6 Å². The predicted molar refractivity (Wildman–Crippen MR) is 102 cm³/mol. The summed E-state index contributed by atoms with van der Waals surface area (Å²) in [5.74, 6) is -0.338. The minimum atomic E-state index is -4.54. The molecule has 0 fully saturated rings. The van der Waals surface area contributed by atoms with Crippen LogP contribution in [0.4, 0.5) is 13.2 Å². The molecule has 2 N–H and O–H groups in total. The predicted octanol–water partition coefficient (Wildman–Crippen LogP) is 4.53. The van der Waals surface area contributed by atoms with Crippen LogP contribution in [0.1, 0.15) is 35.2 Å². The molecule has 1 heterocycles. The fourth-order valence-corrected chi connectivity index (χ4v) is 3.35. The number of alkyl halides is 3. The SMILES string of the molecule is CC(=O)C1=C(c2ccc(C)cc2)NC(=S)N[C@H]1c1ccccc1C(F)(F)F. The third-order valence-electron chi connectivity index (χ3n) is 4.37. The number of thiocarbonyl (C=S) groups is 1.